The van der Waals surface area contributed by atoms with Crippen molar-refractivity contribution in [2.45, 2.75) is 36.2 Å². The molecular weight excluding hydrogens is 479 g/mol. The van der Waals surface area contributed by atoms with E-state index in [4.69, 9.17) is 0 Å². The molecule has 2 aliphatic rings. The summed E-state index contributed by atoms with van der Waals surface area (Å²) < 4.78 is 28.6. The van der Waals surface area contributed by atoms with E-state index in [1.54, 1.807) is 30.3 Å². The SMILES string of the molecule is O=C1CC(N(C2CC2)S(=O)(=O)c2ccccc2)C(=O)N1c1ccc(I)cc1. The van der Waals surface area contributed by atoms with Crippen LogP contribution in [0.3, 0.4) is 0 Å². The number of carbonyl (C=O) groups is 2. The maximum absolute atomic E-state index is 13.2. The zero-order valence-corrected chi connectivity index (χ0v) is 17.3. The molecule has 0 aromatic heterocycles. The van der Waals surface area contributed by atoms with Crippen LogP contribution in [0.5, 0.6) is 0 Å². The molecule has 0 radical (unpaired) electrons. The number of imide groups is 1. The van der Waals surface area contributed by atoms with Gasteiger partial charge in [-0.05, 0) is 71.8 Å². The van der Waals surface area contributed by atoms with E-state index in [1.165, 1.54) is 16.4 Å². The van der Waals surface area contributed by atoms with Gasteiger partial charge in [-0.15, -0.1) is 0 Å². The average Bonchev–Trinajstić information content (AvgIpc) is 3.43. The first-order valence-electron chi connectivity index (χ1n) is 8.60. The first-order chi connectivity index (χ1) is 12.9. The molecule has 2 aromatic carbocycles. The van der Waals surface area contributed by atoms with E-state index >= 15 is 0 Å². The molecule has 8 heteroatoms. The van der Waals surface area contributed by atoms with Gasteiger partial charge in [0.1, 0.15) is 6.04 Å². The summed E-state index contributed by atoms with van der Waals surface area (Å²) in [5.41, 5.74) is 0.473. The third-order valence-corrected chi connectivity index (χ3v) is 7.43. The Morgan fingerprint density at radius 1 is 0.963 bits per heavy atom. The molecule has 6 nitrogen and oxygen atoms in total. The molecule has 1 aliphatic heterocycles. The number of rotatable bonds is 5. The smallest absolute Gasteiger partial charge is 0.252 e. The zero-order chi connectivity index (χ0) is 19.2. The summed E-state index contributed by atoms with van der Waals surface area (Å²) in [6.45, 7) is 0. The molecule has 1 saturated carbocycles. The van der Waals surface area contributed by atoms with Crippen LogP contribution in [0.25, 0.3) is 0 Å². The van der Waals surface area contributed by atoms with Crippen LogP contribution in [0.2, 0.25) is 0 Å². The highest BCUT2D eigenvalue weighted by Gasteiger charge is 2.51. The van der Waals surface area contributed by atoms with E-state index in [-0.39, 0.29) is 23.3 Å². The lowest BCUT2D eigenvalue weighted by Gasteiger charge is -2.26. The summed E-state index contributed by atoms with van der Waals surface area (Å²) in [5, 5.41) is 0. The van der Waals surface area contributed by atoms with Crippen LogP contribution in [-0.2, 0) is 19.6 Å². The molecule has 27 heavy (non-hydrogen) atoms. The molecule has 0 spiro atoms. The highest BCUT2D eigenvalue weighted by Crippen LogP contribution is 2.38. The first-order valence-corrected chi connectivity index (χ1v) is 11.1. The normalized spacial score (nSPS) is 20.5. The molecule has 140 valence electrons. The molecular formula is C19H17IN2O4S. The van der Waals surface area contributed by atoms with Crippen LogP contribution in [0.1, 0.15) is 19.3 Å². The third kappa shape index (κ3) is 3.41. The Kier molecular flexibility index (Phi) is 4.81. The number of nitrogens with zero attached hydrogens (tertiary/aromatic N) is 2. The van der Waals surface area contributed by atoms with Crippen LogP contribution < -0.4 is 4.90 Å². The highest BCUT2D eigenvalue weighted by molar-refractivity contribution is 14.1. The van der Waals surface area contributed by atoms with Gasteiger partial charge in [0.15, 0.2) is 0 Å². The molecule has 1 unspecified atom stereocenters. The third-order valence-electron chi connectivity index (χ3n) is 4.74. The van der Waals surface area contributed by atoms with Crippen LogP contribution >= 0.6 is 22.6 Å². The minimum Gasteiger partial charge on any atom is -0.274 e. The fourth-order valence-electron chi connectivity index (χ4n) is 3.34. The van der Waals surface area contributed by atoms with Crippen molar-refractivity contribution in [3.8, 4) is 0 Å². The molecule has 1 aliphatic carbocycles. The van der Waals surface area contributed by atoms with Crippen molar-refractivity contribution in [3.63, 3.8) is 0 Å². The van der Waals surface area contributed by atoms with Gasteiger partial charge in [0, 0.05) is 9.61 Å². The first kappa shape index (κ1) is 18.6. The van der Waals surface area contributed by atoms with Crippen molar-refractivity contribution in [1.29, 1.82) is 0 Å². The molecule has 4 rings (SSSR count). The number of halogens is 1. The van der Waals surface area contributed by atoms with Crippen molar-refractivity contribution >= 4 is 50.1 Å². The Labute approximate surface area is 171 Å². The monoisotopic (exact) mass is 496 g/mol. The van der Waals surface area contributed by atoms with Crippen molar-refractivity contribution in [2.24, 2.45) is 0 Å². The molecule has 1 heterocycles. The molecule has 2 amide bonds. The van der Waals surface area contributed by atoms with Crippen molar-refractivity contribution in [3.05, 3.63) is 58.2 Å². The van der Waals surface area contributed by atoms with Gasteiger partial charge in [0.2, 0.25) is 15.9 Å². The number of benzene rings is 2. The number of sulfonamides is 1. The van der Waals surface area contributed by atoms with Crippen LogP contribution in [0.15, 0.2) is 59.5 Å². The van der Waals surface area contributed by atoms with Gasteiger partial charge in [-0.3, -0.25) is 9.59 Å². The number of carbonyl (C=O) groups excluding carboxylic acids is 2. The Morgan fingerprint density at radius 3 is 2.19 bits per heavy atom. The van der Waals surface area contributed by atoms with Gasteiger partial charge >= 0.3 is 0 Å². The van der Waals surface area contributed by atoms with Crippen LogP contribution in [0.4, 0.5) is 5.69 Å². The van der Waals surface area contributed by atoms with Crippen LogP contribution in [-0.4, -0.2) is 36.6 Å². The fraction of sp³-hybridized carbons (Fsp3) is 0.263. The lowest BCUT2D eigenvalue weighted by molar-refractivity contribution is -0.122. The minimum atomic E-state index is -3.86. The summed E-state index contributed by atoms with van der Waals surface area (Å²) in [6, 6.07) is 13.9. The number of hydrogen-bond donors (Lipinski definition) is 0. The van der Waals surface area contributed by atoms with Crippen molar-refractivity contribution in [2.75, 3.05) is 4.90 Å². The van der Waals surface area contributed by atoms with E-state index in [0.717, 1.165) is 8.47 Å². The Morgan fingerprint density at radius 2 is 1.59 bits per heavy atom. The van der Waals surface area contributed by atoms with E-state index < -0.39 is 22.0 Å². The Hall–Kier alpha value is -1.78. The van der Waals surface area contributed by atoms with Crippen molar-refractivity contribution in [1.82, 2.24) is 4.31 Å². The Balaban J connectivity index is 1.70. The lowest BCUT2D eigenvalue weighted by atomic mass is 10.2. The quantitative estimate of drug-likeness (QED) is 0.472. The second-order valence-corrected chi connectivity index (χ2v) is 9.73. The molecule has 0 bridgehead atoms. The predicted molar refractivity (Wildman–Crippen MR) is 109 cm³/mol. The lowest BCUT2D eigenvalue weighted by Crippen LogP contribution is -2.46. The van der Waals surface area contributed by atoms with E-state index in [9.17, 15) is 18.0 Å². The molecule has 0 N–H and O–H groups in total. The molecule has 2 aromatic rings. The predicted octanol–water partition coefficient (Wildman–Crippen LogP) is 2.78. The van der Waals surface area contributed by atoms with Gasteiger partial charge in [-0.1, -0.05) is 18.2 Å². The maximum atomic E-state index is 13.2. The summed E-state index contributed by atoms with van der Waals surface area (Å²) in [4.78, 5) is 26.9. The molecule has 1 saturated heterocycles. The zero-order valence-electron chi connectivity index (χ0n) is 14.3. The van der Waals surface area contributed by atoms with Gasteiger partial charge in [0.05, 0.1) is 17.0 Å². The number of anilines is 1. The number of hydrogen-bond acceptors (Lipinski definition) is 4. The number of amides is 2. The van der Waals surface area contributed by atoms with Gasteiger partial charge in [-0.25, -0.2) is 13.3 Å². The molecule has 2 fully saturated rings. The summed E-state index contributed by atoms with van der Waals surface area (Å²) in [6.07, 6.45) is 1.27. The van der Waals surface area contributed by atoms with E-state index in [0.29, 0.717) is 18.5 Å². The van der Waals surface area contributed by atoms with Crippen molar-refractivity contribution < 1.29 is 18.0 Å². The minimum absolute atomic E-state index is 0.132. The van der Waals surface area contributed by atoms with Crippen LogP contribution in [0, 0.1) is 3.57 Å². The second-order valence-electron chi connectivity index (χ2n) is 6.64. The largest absolute Gasteiger partial charge is 0.274 e. The average molecular weight is 496 g/mol. The standard InChI is InChI=1S/C19H17IN2O4S/c20-13-6-8-14(9-7-13)21-18(23)12-17(19(21)24)22(15-10-11-15)27(25,26)16-4-2-1-3-5-16/h1-9,15,17H,10-12H2. The highest BCUT2D eigenvalue weighted by atomic mass is 127. The molecule has 1 atom stereocenters. The topological polar surface area (TPSA) is 74.8 Å². The summed E-state index contributed by atoms with van der Waals surface area (Å²) in [7, 11) is -3.86. The van der Waals surface area contributed by atoms with E-state index in [2.05, 4.69) is 22.6 Å². The summed E-state index contributed by atoms with van der Waals surface area (Å²) >= 11 is 2.14. The maximum Gasteiger partial charge on any atom is 0.252 e. The second kappa shape index (κ2) is 6.99. The van der Waals surface area contributed by atoms with Gasteiger partial charge in [0.25, 0.3) is 5.91 Å². The van der Waals surface area contributed by atoms with Gasteiger partial charge < -0.3 is 0 Å². The Bertz CT molecular complexity index is 988. The fourth-order valence-corrected chi connectivity index (χ4v) is 5.54. The van der Waals surface area contributed by atoms with Gasteiger partial charge in [-0.2, -0.15) is 4.31 Å². The summed E-state index contributed by atoms with van der Waals surface area (Å²) in [5.74, 6) is -0.854. The van der Waals surface area contributed by atoms with E-state index in [1.807, 2.05) is 12.1 Å².